The van der Waals surface area contributed by atoms with Gasteiger partial charge in [0.1, 0.15) is 10.4 Å². The second kappa shape index (κ2) is 7.62. The van der Waals surface area contributed by atoms with Crippen molar-refractivity contribution in [3.05, 3.63) is 22.8 Å². The van der Waals surface area contributed by atoms with Crippen molar-refractivity contribution in [2.45, 2.75) is 33.7 Å². The average molecular weight is 385 g/mol. The van der Waals surface area contributed by atoms with Crippen LogP contribution >= 0.6 is 15.9 Å². The Bertz CT molecular complexity index is 554. The van der Waals surface area contributed by atoms with E-state index >= 15 is 0 Å². The molecule has 2 heterocycles. The molecule has 1 aliphatic heterocycles. The van der Waals surface area contributed by atoms with Gasteiger partial charge in [-0.25, -0.2) is 4.98 Å². The van der Waals surface area contributed by atoms with Crippen LogP contribution in [-0.4, -0.2) is 43.4 Å². The van der Waals surface area contributed by atoms with Crippen molar-refractivity contribution in [3.8, 4) is 0 Å². The summed E-state index contributed by atoms with van der Waals surface area (Å²) in [5.74, 6) is 0.839. The highest BCUT2D eigenvalue weighted by atomic mass is 79.9. The third kappa shape index (κ3) is 3.53. The van der Waals surface area contributed by atoms with Crippen molar-refractivity contribution in [1.82, 2.24) is 4.98 Å². The summed E-state index contributed by atoms with van der Waals surface area (Å²) < 4.78 is 11.8. The van der Waals surface area contributed by atoms with E-state index < -0.39 is 5.41 Å². The number of esters is 1. The van der Waals surface area contributed by atoms with Crippen LogP contribution in [0, 0.1) is 11.3 Å². The van der Waals surface area contributed by atoms with Crippen molar-refractivity contribution < 1.29 is 14.3 Å². The molecule has 0 aliphatic carbocycles. The molecule has 23 heavy (non-hydrogen) atoms. The molecule has 0 radical (unpaired) electrons. The van der Waals surface area contributed by atoms with E-state index in [4.69, 9.17) is 9.47 Å². The number of carbonyl (C=O) groups is 1. The van der Waals surface area contributed by atoms with Crippen LogP contribution < -0.4 is 4.90 Å². The number of ether oxygens (including phenoxy) is 2. The Hall–Kier alpha value is -1.14. The third-order valence-corrected chi connectivity index (χ3v) is 5.19. The number of carbonyl (C=O) groups excluding carboxylic acids is 1. The molecule has 0 spiro atoms. The van der Waals surface area contributed by atoms with Crippen LogP contribution in [0.3, 0.4) is 0 Å². The lowest BCUT2D eigenvalue weighted by atomic mass is 9.75. The number of hydrogen-bond acceptors (Lipinski definition) is 5. The van der Waals surface area contributed by atoms with Gasteiger partial charge in [-0.05, 0) is 54.8 Å². The Labute approximate surface area is 146 Å². The Kier molecular flexibility index (Phi) is 6.03. The van der Waals surface area contributed by atoms with Gasteiger partial charge in [-0.3, -0.25) is 4.79 Å². The summed E-state index contributed by atoms with van der Waals surface area (Å²) in [5, 5.41) is 0. The Morgan fingerprint density at radius 2 is 2.17 bits per heavy atom. The van der Waals surface area contributed by atoms with Gasteiger partial charge in [0, 0.05) is 13.2 Å². The summed E-state index contributed by atoms with van der Waals surface area (Å²) in [6, 6.07) is 5.71. The average Bonchev–Trinajstić information content (AvgIpc) is 2.78. The molecule has 0 saturated carbocycles. The molecule has 3 atom stereocenters. The van der Waals surface area contributed by atoms with E-state index in [2.05, 4.69) is 32.7 Å². The van der Waals surface area contributed by atoms with E-state index in [0.717, 1.165) is 17.0 Å². The van der Waals surface area contributed by atoms with E-state index in [-0.39, 0.29) is 17.9 Å². The second-order valence-corrected chi connectivity index (χ2v) is 6.86. The van der Waals surface area contributed by atoms with Gasteiger partial charge in [-0.1, -0.05) is 13.0 Å². The number of aromatic nitrogens is 1. The molecular formula is C17H25BrN2O3. The molecule has 6 heteroatoms. The summed E-state index contributed by atoms with van der Waals surface area (Å²) >= 11 is 3.42. The standard InChI is InChI=1S/C17H25BrN2O3/c1-5-22-11-13-17(4,16(21)23-6-2)12(3)10-20(13)15-9-7-8-14(18)19-15/h7-9,12-13H,5-6,10-11H2,1-4H3/t12-,13+,17+/m0/s1. The quantitative estimate of drug-likeness (QED) is 0.556. The van der Waals surface area contributed by atoms with Crippen molar-refractivity contribution in [2.24, 2.45) is 11.3 Å². The molecule has 128 valence electrons. The highest BCUT2D eigenvalue weighted by molar-refractivity contribution is 9.10. The molecule has 5 nitrogen and oxygen atoms in total. The number of anilines is 1. The van der Waals surface area contributed by atoms with Gasteiger partial charge in [0.25, 0.3) is 0 Å². The molecule has 1 fully saturated rings. The van der Waals surface area contributed by atoms with Crippen molar-refractivity contribution in [1.29, 1.82) is 0 Å². The second-order valence-electron chi connectivity index (χ2n) is 6.05. The zero-order valence-corrected chi connectivity index (χ0v) is 15.8. The van der Waals surface area contributed by atoms with Crippen LogP contribution in [0.4, 0.5) is 5.82 Å². The van der Waals surface area contributed by atoms with Crippen molar-refractivity contribution >= 4 is 27.7 Å². The first kappa shape index (κ1) is 18.2. The maximum atomic E-state index is 12.7. The predicted octanol–water partition coefficient (Wildman–Crippen LogP) is 3.27. The fraction of sp³-hybridized carbons (Fsp3) is 0.647. The molecule has 1 aromatic rings. The van der Waals surface area contributed by atoms with E-state index in [1.165, 1.54) is 0 Å². The highest BCUT2D eigenvalue weighted by Gasteiger charge is 2.55. The first-order chi connectivity index (χ1) is 10.9. The molecule has 1 aliphatic rings. The Morgan fingerprint density at radius 3 is 2.78 bits per heavy atom. The summed E-state index contributed by atoms with van der Waals surface area (Å²) in [4.78, 5) is 19.4. The molecule has 0 unspecified atom stereocenters. The number of hydrogen-bond donors (Lipinski definition) is 0. The summed E-state index contributed by atoms with van der Waals surface area (Å²) in [6.45, 7) is 10.1. The SMILES string of the molecule is CCOC[C@H]1N(c2cccc(Br)n2)C[C@H](C)[C@@]1(C)C(=O)OCC. The first-order valence-corrected chi connectivity index (χ1v) is 8.88. The maximum Gasteiger partial charge on any atom is 0.314 e. The van der Waals surface area contributed by atoms with E-state index in [1.807, 2.05) is 39.0 Å². The topological polar surface area (TPSA) is 51.7 Å². The molecule has 1 saturated heterocycles. The van der Waals surface area contributed by atoms with Gasteiger partial charge in [0.05, 0.1) is 24.7 Å². The monoisotopic (exact) mass is 384 g/mol. The smallest absolute Gasteiger partial charge is 0.314 e. The van der Waals surface area contributed by atoms with E-state index in [1.54, 1.807) is 0 Å². The van der Waals surface area contributed by atoms with Crippen LogP contribution in [0.15, 0.2) is 22.8 Å². The van der Waals surface area contributed by atoms with E-state index in [9.17, 15) is 4.79 Å². The van der Waals surface area contributed by atoms with Gasteiger partial charge >= 0.3 is 5.97 Å². The number of nitrogens with zero attached hydrogens (tertiary/aromatic N) is 2. The van der Waals surface area contributed by atoms with Crippen molar-refractivity contribution in [2.75, 3.05) is 31.3 Å². The first-order valence-electron chi connectivity index (χ1n) is 8.09. The fourth-order valence-electron chi connectivity index (χ4n) is 3.19. The lowest BCUT2D eigenvalue weighted by molar-refractivity contribution is -0.158. The van der Waals surface area contributed by atoms with Crippen LogP contribution in [0.1, 0.15) is 27.7 Å². The fourth-order valence-corrected chi connectivity index (χ4v) is 3.53. The summed E-state index contributed by atoms with van der Waals surface area (Å²) in [6.07, 6.45) is 0. The van der Waals surface area contributed by atoms with Gasteiger partial charge in [-0.2, -0.15) is 0 Å². The minimum absolute atomic E-state index is 0.0988. The number of rotatable bonds is 6. The molecule has 0 amide bonds. The predicted molar refractivity (Wildman–Crippen MR) is 93.5 cm³/mol. The van der Waals surface area contributed by atoms with Crippen LogP contribution in [0.5, 0.6) is 0 Å². The zero-order chi connectivity index (χ0) is 17.0. The minimum Gasteiger partial charge on any atom is -0.466 e. The molecular weight excluding hydrogens is 360 g/mol. The highest BCUT2D eigenvalue weighted by Crippen LogP contribution is 2.44. The minimum atomic E-state index is -0.616. The Morgan fingerprint density at radius 1 is 1.43 bits per heavy atom. The number of pyridine rings is 1. The van der Waals surface area contributed by atoms with E-state index in [0.29, 0.717) is 19.8 Å². The number of halogens is 1. The van der Waals surface area contributed by atoms with Gasteiger partial charge in [0.15, 0.2) is 0 Å². The zero-order valence-electron chi connectivity index (χ0n) is 14.2. The van der Waals surface area contributed by atoms with Crippen LogP contribution in [0.2, 0.25) is 0 Å². The normalized spacial score (nSPS) is 27.3. The van der Waals surface area contributed by atoms with Crippen LogP contribution in [-0.2, 0) is 14.3 Å². The lowest BCUT2D eigenvalue weighted by Gasteiger charge is -2.35. The molecule has 0 bridgehead atoms. The summed E-state index contributed by atoms with van der Waals surface area (Å²) in [7, 11) is 0. The third-order valence-electron chi connectivity index (χ3n) is 4.75. The summed E-state index contributed by atoms with van der Waals surface area (Å²) in [5.41, 5.74) is -0.616. The van der Waals surface area contributed by atoms with Crippen LogP contribution in [0.25, 0.3) is 0 Å². The molecule has 1 aromatic heterocycles. The van der Waals surface area contributed by atoms with Gasteiger partial charge in [-0.15, -0.1) is 0 Å². The lowest BCUT2D eigenvalue weighted by Crippen LogP contribution is -2.48. The van der Waals surface area contributed by atoms with Gasteiger partial charge in [0.2, 0.25) is 0 Å². The van der Waals surface area contributed by atoms with Gasteiger partial charge < -0.3 is 14.4 Å². The van der Waals surface area contributed by atoms with Crippen molar-refractivity contribution in [3.63, 3.8) is 0 Å². The largest absolute Gasteiger partial charge is 0.466 e. The Balaban J connectivity index is 2.37. The molecule has 0 N–H and O–H groups in total. The molecule has 2 rings (SSSR count). The molecule has 0 aromatic carbocycles. The maximum absolute atomic E-state index is 12.7.